The van der Waals surface area contributed by atoms with E-state index < -0.39 is 0 Å². The van der Waals surface area contributed by atoms with Crippen molar-refractivity contribution in [3.05, 3.63) is 240 Å². The van der Waals surface area contributed by atoms with Gasteiger partial charge < -0.3 is 13.6 Å². The summed E-state index contributed by atoms with van der Waals surface area (Å²) in [6.07, 6.45) is 3.80. The van der Waals surface area contributed by atoms with E-state index in [-0.39, 0.29) is 18.0 Å². The summed E-state index contributed by atoms with van der Waals surface area (Å²) in [4.78, 5) is 11.7. The Morgan fingerprint density at radius 3 is 1.90 bits per heavy atom. The van der Waals surface area contributed by atoms with Gasteiger partial charge in [0, 0.05) is 67.2 Å². The van der Waals surface area contributed by atoms with Gasteiger partial charge in [-0.1, -0.05) is 165 Å². The molecule has 13 aromatic rings. The van der Waals surface area contributed by atoms with Crippen molar-refractivity contribution in [2.45, 2.75) is 31.8 Å². The van der Waals surface area contributed by atoms with Crippen molar-refractivity contribution in [2.24, 2.45) is 15.9 Å². The second-order valence-corrected chi connectivity index (χ2v) is 19.5. The molecule has 0 bridgehead atoms. The van der Waals surface area contributed by atoms with Crippen LogP contribution in [-0.4, -0.2) is 20.7 Å². The number of furan rings is 1. The van der Waals surface area contributed by atoms with Crippen LogP contribution in [0.3, 0.4) is 0 Å². The average molecular weight is 911 g/mol. The molecule has 10 aromatic carbocycles. The zero-order chi connectivity index (χ0) is 46.7. The highest BCUT2D eigenvalue weighted by Crippen LogP contribution is 2.48. The molecule has 336 valence electrons. The van der Waals surface area contributed by atoms with Crippen molar-refractivity contribution in [1.82, 2.24) is 9.13 Å². The highest BCUT2D eigenvalue weighted by molar-refractivity contribution is 6.21. The van der Waals surface area contributed by atoms with E-state index in [0.29, 0.717) is 6.42 Å². The maximum Gasteiger partial charge on any atom is 0.151 e. The minimum absolute atomic E-state index is 0.0105. The molecule has 0 saturated heterocycles. The molecule has 0 spiro atoms. The van der Waals surface area contributed by atoms with E-state index in [1.807, 2.05) is 0 Å². The molecule has 3 aromatic heterocycles. The Bertz CT molecular complexity index is 4440. The number of fused-ring (bicyclic) bond motifs is 12. The highest BCUT2D eigenvalue weighted by atomic mass is 16.3. The second-order valence-electron chi connectivity index (χ2n) is 19.5. The van der Waals surface area contributed by atoms with E-state index in [1.165, 1.54) is 81.7 Å². The summed E-state index contributed by atoms with van der Waals surface area (Å²) in [5.41, 5.74) is 12.5. The molecule has 5 nitrogen and oxygen atoms in total. The van der Waals surface area contributed by atoms with Gasteiger partial charge in [0.25, 0.3) is 0 Å². The minimum Gasteiger partial charge on any atom is -0.456 e. The van der Waals surface area contributed by atoms with E-state index in [9.17, 15) is 0 Å². The first kappa shape index (κ1) is 40.1. The molecule has 15 rings (SSSR count). The normalized spacial score (nSPS) is 17.2. The predicted octanol–water partition coefficient (Wildman–Crippen LogP) is 17.1. The molecule has 0 fully saturated rings. The number of aliphatic imine (C=N–C) groups is 2. The van der Waals surface area contributed by atoms with Crippen LogP contribution >= 0.6 is 0 Å². The topological polar surface area (TPSA) is 47.7 Å². The van der Waals surface area contributed by atoms with Crippen molar-refractivity contribution < 1.29 is 4.42 Å². The molecule has 1 aliphatic heterocycles. The van der Waals surface area contributed by atoms with Gasteiger partial charge in [-0.25, -0.2) is 4.99 Å². The first-order chi connectivity index (χ1) is 35.1. The van der Waals surface area contributed by atoms with Crippen LogP contribution in [0.4, 0.5) is 0 Å². The molecule has 2 aliphatic rings. The number of benzene rings is 10. The fourth-order valence-corrected chi connectivity index (χ4v) is 12.4. The first-order valence-corrected chi connectivity index (χ1v) is 25.0. The largest absolute Gasteiger partial charge is 0.456 e. The summed E-state index contributed by atoms with van der Waals surface area (Å²) in [7, 11) is 0. The Labute approximate surface area is 409 Å². The fraction of sp³-hybridized carbons (Fsp3) is 0.0909. The van der Waals surface area contributed by atoms with Crippen LogP contribution in [-0.2, 0) is 0 Å². The van der Waals surface area contributed by atoms with E-state index in [0.717, 1.165) is 56.9 Å². The van der Waals surface area contributed by atoms with Crippen LogP contribution in [0.5, 0.6) is 0 Å². The Hall–Kier alpha value is -8.80. The Morgan fingerprint density at radius 1 is 0.507 bits per heavy atom. The quantitative estimate of drug-likeness (QED) is 0.164. The monoisotopic (exact) mass is 910 g/mol. The number of rotatable bonds is 6. The zero-order valence-electron chi connectivity index (χ0n) is 39.1. The molecule has 0 radical (unpaired) electrons. The SMILES string of the molecule is CC[C@@H]1C(c2cccc3ccccc23)=NC(C2=Cc3oc4cc5ccccc5cc4c3C(n3c4ccccc4c4cc5ccccc5cc43)C2)=NC1c1ccc2c3ccccc3n(-c3ccccc3)c2c1. The van der Waals surface area contributed by atoms with Gasteiger partial charge in [0.2, 0.25) is 0 Å². The molecule has 4 heterocycles. The second kappa shape index (κ2) is 15.6. The molecule has 0 amide bonds. The van der Waals surface area contributed by atoms with Crippen LogP contribution in [0.15, 0.2) is 232 Å². The fourth-order valence-electron chi connectivity index (χ4n) is 12.4. The molecule has 0 saturated carbocycles. The third-order valence-corrected chi connectivity index (χ3v) is 15.6. The summed E-state index contributed by atoms with van der Waals surface area (Å²) in [5, 5.41) is 13.3. The molecular formula is C66H46N4O. The van der Waals surface area contributed by atoms with Gasteiger partial charge in [0.15, 0.2) is 5.84 Å². The van der Waals surface area contributed by atoms with Crippen molar-refractivity contribution in [3.63, 3.8) is 0 Å². The van der Waals surface area contributed by atoms with Gasteiger partial charge in [-0.3, -0.25) is 4.99 Å². The van der Waals surface area contributed by atoms with Crippen LogP contribution in [0.2, 0.25) is 0 Å². The standard InChI is InChI=1S/C66H46N4O/c1-2-48-64(45-31-32-52-50-26-12-14-29-56(50)69(58(52)36-45)47-23-4-3-5-24-47)67-66(68-65(48)53-28-16-22-40-17-10-11-25-49(40)53)46-37-60(63-55-34-42-19-7-9-21-44(42)38-61(55)71-62(63)39-46)70-57-30-15-13-27-51(57)54-33-41-18-6-8-20-43(41)35-59(54)70/h3-36,38-39,48,60,64H,2,37H2,1H3/t48-,60?,64?/m0/s1. The van der Waals surface area contributed by atoms with Gasteiger partial charge in [-0.15, -0.1) is 0 Å². The molecule has 2 unspecified atom stereocenters. The molecule has 71 heavy (non-hydrogen) atoms. The summed E-state index contributed by atoms with van der Waals surface area (Å²) >= 11 is 0. The summed E-state index contributed by atoms with van der Waals surface area (Å²) in [5.74, 6) is 1.64. The Morgan fingerprint density at radius 2 is 1.13 bits per heavy atom. The highest BCUT2D eigenvalue weighted by Gasteiger charge is 2.37. The molecule has 1 aliphatic carbocycles. The number of nitrogens with zero attached hydrogens (tertiary/aromatic N) is 4. The lowest BCUT2D eigenvalue weighted by Gasteiger charge is -2.32. The van der Waals surface area contributed by atoms with Crippen molar-refractivity contribution in [2.75, 3.05) is 0 Å². The average Bonchev–Trinajstić information content (AvgIpc) is 4.08. The van der Waals surface area contributed by atoms with Crippen molar-refractivity contribution in [1.29, 1.82) is 0 Å². The minimum atomic E-state index is -0.213. The predicted molar refractivity (Wildman–Crippen MR) is 297 cm³/mol. The zero-order valence-corrected chi connectivity index (χ0v) is 39.1. The van der Waals surface area contributed by atoms with E-state index in [2.05, 4.69) is 234 Å². The molecule has 3 atom stereocenters. The maximum absolute atomic E-state index is 7.10. The number of hydrogen-bond donors (Lipinski definition) is 0. The van der Waals surface area contributed by atoms with Crippen molar-refractivity contribution in [3.8, 4) is 5.69 Å². The molecule has 5 heteroatoms. The first-order valence-electron chi connectivity index (χ1n) is 25.0. The molecule has 0 N–H and O–H groups in total. The van der Waals surface area contributed by atoms with E-state index >= 15 is 0 Å². The Balaban J connectivity index is 0.991. The lowest BCUT2D eigenvalue weighted by Crippen LogP contribution is -2.29. The maximum atomic E-state index is 7.10. The number of hydrogen-bond acceptors (Lipinski definition) is 3. The van der Waals surface area contributed by atoms with E-state index in [1.54, 1.807) is 0 Å². The lowest BCUT2D eigenvalue weighted by atomic mass is 9.81. The number of aromatic nitrogens is 2. The smallest absolute Gasteiger partial charge is 0.151 e. The number of para-hydroxylation sites is 3. The molecular weight excluding hydrogens is 865 g/mol. The van der Waals surface area contributed by atoms with Gasteiger partial charge in [-0.05, 0) is 105 Å². The van der Waals surface area contributed by atoms with Gasteiger partial charge in [0.1, 0.15) is 11.3 Å². The lowest BCUT2D eigenvalue weighted by molar-refractivity contribution is 0.530. The third-order valence-electron chi connectivity index (χ3n) is 15.6. The Kier molecular flexibility index (Phi) is 8.82. The number of amidine groups is 1. The van der Waals surface area contributed by atoms with Crippen LogP contribution < -0.4 is 0 Å². The van der Waals surface area contributed by atoms with Crippen LogP contribution in [0.25, 0.3) is 98.7 Å². The van der Waals surface area contributed by atoms with E-state index in [4.69, 9.17) is 14.4 Å². The summed E-state index contributed by atoms with van der Waals surface area (Å²) in [6.45, 7) is 2.30. The van der Waals surface area contributed by atoms with Gasteiger partial charge in [-0.2, -0.15) is 0 Å². The van der Waals surface area contributed by atoms with Crippen molar-refractivity contribution >= 4 is 105 Å². The van der Waals surface area contributed by atoms with Crippen LogP contribution in [0, 0.1) is 5.92 Å². The van der Waals surface area contributed by atoms with Gasteiger partial charge in [0.05, 0.1) is 34.3 Å². The third kappa shape index (κ3) is 6.12. The summed E-state index contributed by atoms with van der Waals surface area (Å²) in [6, 6.07) is 77.2. The van der Waals surface area contributed by atoms with Crippen LogP contribution in [0.1, 0.15) is 54.3 Å². The van der Waals surface area contributed by atoms with Gasteiger partial charge >= 0.3 is 0 Å². The summed E-state index contributed by atoms with van der Waals surface area (Å²) < 4.78 is 12.1.